The molecule has 0 unspecified atom stereocenters. The Labute approximate surface area is 251 Å². The van der Waals surface area contributed by atoms with Crippen LogP contribution in [-0.4, -0.2) is 82.2 Å². The van der Waals surface area contributed by atoms with Gasteiger partial charge in [0.2, 0.25) is 5.91 Å². The van der Waals surface area contributed by atoms with Crippen LogP contribution in [0.5, 0.6) is 0 Å². The average Bonchev–Trinajstić information content (AvgIpc) is 3.67. The molecule has 2 aliphatic rings. The molecule has 1 aliphatic carbocycles. The van der Waals surface area contributed by atoms with Crippen molar-refractivity contribution in [2.75, 3.05) is 27.2 Å². The van der Waals surface area contributed by atoms with E-state index >= 15 is 0 Å². The molecule has 0 bridgehead atoms. The predicted molar refractivity (Wildman–Crippen MR) is 159 cm³/mol. The van der Waals surface area contributed by atoms with Crippen molar-refractivity contribution in [3.8, 4) is 0 Å². The number of hydrogen-bond acceptors (Lipinski definition) is 7. The highest BCUT2D eigenvalue weighted by Crippen LogP contribution is 2.47. The maximum atomic E-state index is 13.1. The number of aryl methyl sites for hydroxylation is 3. The number of amides is 3. The van der Waals surface area contributed by atoms with E-state index in [0.29, 0.717) is 49.2 Å². The Hall–Kier alpha value is -4.63. The highest BCUT2D eigenvalue weighted by atomic mass is 16.2. The molecule has 3 amide bonds. The molecule has 5 rings (SSSR count). The van der Waals surface area contributed by atoms with Gasteiger partial charge in [-0.15, -0.1) is 5.10 Å². The Morgan fingerprint density at radius 1 is 1.05 bits per heavy atom. The molecule has 12 heteroatoms. The van der Waals surface area contributed by atoms with Gasteiger partial charge in [0.1, 0.15) is 0 Å². The van der Waals surface area contributed by atoms with Crippen molar-refractivity contribution in [3.05, 3.63) is 87.0 Å². The fraction of sp³-hybridized carbons (Fsp3) is 0.452. The van der Waals surface area contributed by atoms with E-state index in [2.05, 4.69) is 36.3 Å². The van der Waals surface area contributed by atoms with Crippen molar-refractivity contribution >= 4 is 17.7 Å². The number of benzene rings is 2. The summed E-state index contributed by atoms with van der Waals surface area (Å²) in [5.74, 6) is 0.174. The fourth-order valence-electron chi connectivity index (χ4n) is 6.63. The average molecular weight is 584 g/mol. The predicted octanol–water partition coefficient (Wildman–Crippen LogP) is 1.60. The molecule has 0 spiro atoms. The molecule has 0 saturated carbocycles. The van der Waals surface area contributed by atoms with E-state index in [0.717, 1.165) is 28.7 Å². The van der Waals surface area contributed by atoms with Crippen molar-refractivity contribution in [3.63, 3.8) is 0 Å². The lowest BCUT2D eigenvalue weighted by Crippen LogP contribution is -2.45. The minimum absolute atomic E-state index is 0.0909. The molecule has 2 heterocycles. The van der Waals surface area contributed by atoms with Crippen LogP contribution < -0.4 is 16.0 Å². The van der Waals surface area contributed by atoms with E-state index in [-0.39, 0.29) is 30.3 Å². The zero-order valence-electron chi connectivity index (χ0n) is 25.0. The molecule has 224 valence electrons. The van der Waals surface area contributed by atoms with Crippen LogP contribution in [0.2, 0.25) is 0 Å². The van der Waals surface area contributed by atoms with Crippen LogP contribution in [0.15, 0.2) is 36.4 Å². The van der Waals surface area contributed by atoms with Gasteiger partial charge in [0, 0.05) is 51.3 Å². The van der Waals surface area contributed by atoms with Gasteiger partial charge in [0.05, 0.1) is 12.0 Å². The lowest BCUT2D eigenvalue weighted by molar-refractivity contribution is -0.130. The highest BCUT2D eigenvalue weighted by molar-refractivity contribution is 5.95. The van der Waals surface area contributed by atoms with Gasteiger partial charge in [-0.1, -0.05) is 12.1 Å². The van der Waals surface area contributed by atoms with E-state index in [4.69, 9.17) is 6.57 Å². The van der Waals surface area contributed by atoms with Crippen molar-refractivity contribution in [2.24, 2.45) is 7.05 Å². The third-order valence-electron chi connectivity index (χ3n) is 8.68. The molecule has 3 N–H and O–H groups in total. The SMILES string of the molecule is [C-]#[N+][C@@H]1CCCN1C(=O)CN[C@H](C)CC1(c2nnnn2C)c2ccc(C(=O)NC)cc2CCc2cc(C(=O)NC)ccc21. The van der Waals surface area contributed by atoms with Gasteiger partial charge in [-0.05, 0) is 89.6 Å². The van der Waals surface area contributed by atoms with Gasteiger partial charge in [-0.2, -0.15) is 0 Å². The van der Waals surface area contributed by atoms with Crippen LogP contribution in [0.1, 0.15) is 75.0 Å². The summed E-state index contributed by atoms with van der Waals surface area (Å²) >= 11 is 0. The van der Waals surface area contributed by atoms with Crippen LogP contribution in [0.25, 0.3) is 4.85 Å². The number of nitrogens with zero attached hydrogens (tertiary/aromatic N) is 6. The lowest BCUT2D eigenvalue weighted by atomic mass is 9.67. The first-order chi connectivity index (χ1) is 20.7. The smallest absolute Gasteiger partial charge is 0.300 e. The zero-order valence-corrected chi connectivity index (χ0v) is 25.0. The van der Waals surface area contributed by atoms with Crippen LogP contribution in [0.3, 0.4) is 0 Å². The number of fused-ring (bicyclic) bond motifs is 2. The molecule has 2 aromatic carbocycles. The van der Waals surface area contributed by atoms with Crippen LogP contribution in [-0.2, 0) is 30.1 Å². The molecule has 0 radical (unpaired) electrons. The molecule has 1 aromatic heterocycles. The van der Waals surface area contributed by atoms with Crippen molar-refractivity contribution < 1.29 is 14.4 Å². The van der Waals surface area contributed by atoms with Crippen LogP contribution in [0, 0.1) is 6.57 Å². The Bertz CT molecular complexity index is 1520. The second kappa shape index (κ2) is 12.3. The highest BCUT2D eigenvalue weighted by Gasteiger charge is 2.46. The summed E-state index contributed by atoms with van der Waals surface area (Å²) < 4.78 is 1.67. The maximum Gasteiger partial charge on any atom is 0.300 e. The number of hydrogen-bond donors (Lipinski definition) is 3. The van der Waals surface area contributed by atoms with Gasteiger partial charge >= 0.3 is 6.17 Å². The van der Waals surface area contributed by atoms with Crippen LogP contribution in [0.4, 0.5) is 0 Å². The third-order valence-corrected chi connectivity index (χ3v) is 8.68. The molecular formula is C31H37N9O3. The molecule has 2 atom stereocenters. The minimum atomic E-state index is -0.871. The van der Waals surface area contributed by atoms with Gasteiger partial charge in [0.15, 0.2) is 5.82 Å². The number of tetrazole rings is 1. The summed E-state index contributed by atoms with van der Waals surface area (Å²) in [7, 11) is 5.02. The number of aromatic nitrogens is 4. The second-order valence-corrected chi connectivity index (χ2v) is 11.3. The Balaban J connectivity index is 1.62. The number of carbonyl (C=O) groups excluding carboxylic acids is 3. The summed E-state index contributed by atoms with van der Waals surface area (Å²) in [6.45, 7) is 10.2. The lowest BCUT2D eigenvalue weighted by Gasteiger charge is -2.37. The largest absolute Gasteiger partial charge is 0.355 e. The van der Waals surface area contributed by atoms with E-state index in [1.54, 1.807) is 30.7 Å². The Morgan fingerprint density at radius 3 is 2.16 bits per heavy atom. The third kappa shape index (κ3) is 5.48. The minimum Gasteiger partial charge on any atom is -0.355 e. The fourth-order valence-corrected chi connectivity index (χ4v) is 6.63. The summed E-state index contributed by atoms with van der Waals surface area (Å²) in [6.07, 6.45) is 2.91. The van der Waals surface area contributed by atoms with Crippen molar-refractivity contribution in [2.45, 2.75) is 56.7 Å². The van der Waals surface area contributed by atoms with E-state index in [1.165, 1.54) is 0 Å². The van der Waals surface area contributed by atoms with E-state index in [9.17, 15) is 14.4 Å². The molecule has 12 nitrogen and oxygen atoms in total. The molecule has 1 fully saturated rings. The summed E-state index contributed by atoms with van der Waals surface area (Å²) in [6, 6.07) is 11.3. The first kappa shape index (κ1) is 29.8. The maximum absolute atomic E-state index is 13.1. The monoisotopic (exact) mass is 583 g/mol. The van der Waals surface area contributed by atoms with E-state index < -0.39 is 11.6 Å². The summed E-state index contributed by atoms with van der Waals surface area (Å²) in [4.78, 5) is 43.6. The normalized spacial score (nSPS) is 17.7. The van der Waals surface area contributed by atoms with Gasteiger partial charge < -0.3 is 16.0 Å². The summed E-state index contributed by atoms with van der Waals surface area (Å²) in [5.41, 5.74) is 4.16. The molecular weight excluding hydrogens is 546 g/mol. The summed E-state index contributed by atoms with van der Waals surface area (Å²) in [5, 5.41) is 21.6. The van der Waals surface area contributed by atoms with Crippen LogP contribution >= 0.6 is 0 Å². The first-order valence-corrected chi connectivity index (χ1v) is 14.6. The van der Waals surface area contributed by atoms with Gasteiger partial charge in [-0.25, -0.2) is 11.3 Å². The topological polar surface area (TPSA) is 138 Å². The van der Waals surface area contributed by atoms with E-state index in [1.807, 2.05) is 43.3 Å². The second-order valence-electron chi connectivity index (χ2n) is 11.3. The Kier molecular flexibility index (Phi) is 8.54. The first-order valence-electron chi connectivity index (χ1n) is 14.6. The zero-order chi connectivity index (χ0) is 30.7. The molecule has 1 aliphatic heterocycles. The standard InChI is InChI=1S/C31H37N9O3/c1-19(35-18-27(41)40-14-6-7-26(40)32-2)17-31(30-36-37-38-39(30)5)24-12-10-22(28(42)33-3)15-20(24)8-9-21-16-23(29(43)34-4)11-13-25(21)31/h10-13,15-16,19,26,35H,6-9,14,17-18H2,1,3-5H3,(H,33,42)(H,34,43)/t19-,26+/m1/s1. The number of nitrogens with one attached hydrogen (secondary N) is 3. The van der Waals surface area contributed by atoms with Crippen molar-refractivity contribution in [1.29, 1.82) is 0 Å². The number of likely N-dealkylation sites (tertiary alicyclic amines) is 1. The van der Waals surface area contributed by atoms with Gasteiger partial charge in [0.25, 0.3) is 11.8 Å². The quantitative estimate of drug-likeness (QED) is 0.343. The molecule has 3 aromatic rings. The molecule has 43 heavy (non-hydrogen) atoms. The number of carbonyl (C=O) groups is 3. The number of rotatable bonds is 8. The Morgan fingerprint density at radius 2 is 1.65 bits per heavy atom. The van der Waals surface area contributed by atoms with Crippen molar-refractivity contribution in [1.82, 2.24) is 41.1 Å². The molecule has 1 saturated heterocycles. The van der Waals surface area contributed by atoms with Gasteiger partial charge in [-0.3, -0.25) is 24.1 Å².